The second-order valence-electron chi connectivity index (χ2n) is 8.28. The number of hydrogen-bond donors (Lipinski definition) is 1. The lowest BCUT2D eigenvalue weighted by atomic mass is 10.0. The van der Waals surface area contributed by atoms with Gasteiger partial charge < -0.3 is 14.5 Å². The molecular formula is C27H30N2O4. The first-order valence-corrected chi connectivity index (χ1v) is 11.4. The van der Waals surface area contributed by atoms with Gasteiger partial charge in [-0.15, -0.1) is 0 Å². The Hall–Kier alpha value is -3.22. The molecule has 1 fully saturated rings. The van der Waals surface area contributed by atoms with Gasteiger partial charge in [0, 0.05) is 38.0 Å². The first-order chi connectivity index (χ1) is 16.1. The van der Waals surface area contributed by atoms with E-state index in [4.69, 9.17) is 9.15 Å². The minimum Gasteiger partial charge on any atom is -0.465 e. The van der Waals surface area contributed by atoms with Crippen LogP contribution in [0.15, 0.2) is 71.1 Å². The number of benzene rings is 2. The number of nitrogens with zero attached hydrogens (tertiary/aromatic N) is 1. The largest absolute Gasteiger partial charge is 0.465 e. The highest BCUT2D eigenvalue weighted by Crippen LogP contribution is 2.24. The van der Waals surface area contributed by atoms with E-state index in [1.165, 1.54) is 0 Å². The SMILES string of the molecule is Cc1ccc([C@H](CNC(=O)CCC(=O)c2ccc(-c3ccccc3)cc2)N2CCOCC2)o1. The van der Waals surface area contributed by atoms with E-state index < -0.39 is 0 Å². The lowest BCUT2D eigenvalue weighted by Crippen LogP contribution is -2.43. The van der Waals surface area contributed by atoms with Crippen molar-refractivity contribution in [2.45, 2.75) is 25.8 Å². The number of hydrogen-bond acceptors (Lipinski definition) is 5. The van der Waals surface area contributed by atoms with E-state index >= 15 is 0 Å². The third-order valence-corrected chi connectivity index (χ3v) is 5.96. The summed E-state index contributed by atoms with van der Waals surface area (Å²) in [5, 5.41) is 2.99. The summed E-state index contributed by atoms with van der Waals surface area (Å²) < 4.78 is 11.3. The first kappa shape index (κ1) is 23.0. The number of rotatable bonds is 9. The fourth-order valence-electron chi connectivity index (χ4n) is 4.08. The normalized spacial score (nSPS) is 15.2. The summed E-state index contributed by atoms with van der Waals surface area (Å²) in [6.07, 6.45) is 0.338. The molecule has 6 nitrogen and oxygen atoms in total. The van der Waals surface area contributed by atoms with Crippen LogP contribution in [0.5, 0.6) is 0 Å². The monoisotopic (exact) mass is 446 g/mol. The van der Waals surface area contributed by atoms with E-state index in [0.717, 1.165) is 35.7 Å². The van der Waals surface area contributed by atoms with Crippen LogP contribution in [0.2, 0.25) is 0 Å². The minimum absolute atomic E-state index is 0.0313. The number of carbonyl (C=O) groups excluding carboxylic acids is 2. The van der Waals surface area contributed by atoms with Crippen LogP contribution in [0.3, 0.4) is 0 Å². The summed E-state index contributed by atoms with van der Waals surface area (Å²) in [5.41, 5.74) is 2.80. The van der Waals surface area contributed by atoms with Crippen molar-refractivity contribution >= 4 is 11.7 Å². The van der Waals surface area contributed by atoms with Crippen molar-refractivity contribution in [1.29, 1.82) is 0 Å². The van der Waals surface area contributed by atoms with Gasteiger partial charge >= 0.3 is 0 Å². The molecule has 2 heterocycles. The number of ether oxygens (including phenoxy) is 1. The smallest absolute Gasteiger partial charge is 0.220 e. The molecule has 1 N–H and O–H groups in total. The molecule has 172 valence electrons. The molecular weight excluding hydrogens is 416 g/mol. The van der Waals surface area contributed by atoms with Crippen molar-refractivity contribution in [2.75, 3.05) is 32.8 Å². The average Bonchev–Trinajstić information content (AvgIpc) is 3.29. The molecule has 1 saturated heterocycles. The van der Waals surface area contributed by atoms with Gasteiger partial charge in [-0.1, -0.05) is 54.6 Å². The summed E-state index contributed by atoms with van der Waals surface area (Å²) >= 11 is 0. The molecule has 0 radical (unpaired) electrons. The molecule has 0 spiro atoms. The molecule has 0 unspecified atom stereocenters. The molecule has 2 aromatic carbocycles. The standard InChI is InChI=1S/C27H30N2O4/c1-20-7-13-26(33-20)24(29-15-17-32-18-16-29)19-28-27(31)14-12-25(30)23-10-8-22(9-11-23)21-5-3-2-4-6-21/h2-11,13,24H,12,14-19H2,1H3,(H,28,31)/t24-/m0/s1. The maximum atomic E-state index is 12.6. The predicted octanol–water partition coefficient (Wildman–Crippen LogP) is 4.41. The van der Waals surface area contributed by atoms with Crippen molar-refractivity contribution in [3.05, 3.63) is 83.8 Å². The zero-order valence-electron chi connectivity index (χ0n) is 19.0. The van der Waals surface area contributed by atoms with E-state index in [0.29, 0.717) is 25.3 Å². The molecule has 33 heavy (non-hydrogen) atoms. The Morgan fingerprint density at radius 2 is 1.61 bits per heavy atom. The van der Waals surface area contributed by atoms with Gasteiger partial charge in [-0.05, 0) is 30.2 Å². The van der Waals surface area contributed by atoms with E-state index in [2.05, 4.69) is 10.2 Å². The Bertz CT molecular complexity index is 1050. The topological polar surface area (TPSA) is 71.8 Å². The van der Waals surface area contributed by atoms with Gasteiger partial charge in [-0.25, -0.2) is 0 Å². The molecule has 1 amide bonds. The number of amides is 1. The number of ketones is 1. The number of morpholine rings is 1. The van der Waals surface area contributed by atoms with Gasteiger partial charge in [0.2, 0.25) is 5.91 Å². The van der Waals surface area contributed by atoms with Gasteiger partial charge in [0.15, 0.2) is 5.78 Å². The van der Waals surface area contributed by atoms with Crippen LogP contribution in [-0.4, -0.2) is 49.4 Å². The quantitative estimate of drug-likeness (QED) is 0.493. The van der Waals surface area contributed by atoms with Crippen molar-refractivity contribution in [3.8, 4) is 11.1 Å². The summed E-state index contributed by atoms with van der Waals surface area (Å²) in [7, 11) is 0. The highest BCUT2D eigenvalue weighted by Gasteiger charge is 2.25. The Balaban J connectivity index is 1.29. The molecule has 6 heteroatoms. The molecule has 0 bridgehead atoms. The maximum absolute atomic E-state index is 12.6. The van der Waals surface area contributed by atoms with E-state index in [1.54, 1.807) is 0 Å². The van der Waals surface area contributed by atoms with E-state index in [-0.39, 0.29) is 30.6 Å². The zero-order valence-corrected chi connectivity index (χ0v) is 19.0. The minimum atomic E-state index is -0.134. The van der Waals surface area contributed by atoms with Crippen LogP contribution >= 0.6 is 0 Å². The van der Waals surface area contributed by atoms with Gasteiger partial charge in [-0.3, -0.25) is 14.5 Å². The molecule has 0 aliphatic carbocycles. The lowest BCUT2D eigenvalue weighted by Gasteiger charge is -2.33. The fourth-order valence-corrected chi connectivity index (χ4v) is 4.08. The Morgan fingerprint density at radius 1 is 0.909 bits per heavy atom. The second kappa shape index (κ2) is 11.1. The molecule has 1 aliphatic rings. The highest BCUT2D eigenvalue weighted by atomic mass is 16.5. The number of aryl methyl sites for hydroxylation is 1. The van der Waals surface area contributed by atoms with Crippen molar-refractivity contribution in [3.63, 3.8) is 0 Å². The molecule has 1 aliphatic heterocycles. The Morgan fingerprint density at radius 3 is 2.27 bits per heavy atom. The van der Waals surface area contributed by atoms with Gasteiger partial charge in [0.25, 0.3) is 0 Å². The van der Waals surface area contributed by atoms with Crippen LogP contribution in [0.25, 0.3) is 11.1 Å². The van der Waals surface area contributed by atoms with Crippen LogP contribution in [0.4, 0.5) is 0 Å². The Labute approximate surface area is 194 Å². The number of carbonyl (C=O) groups is 2. The fraction of sp³-hybridized carbons (Fsp3) is 0.333. The summed E-state index contributed by atoms with van der Waals surface area (Å²) in [6, 6.07) is 21.4. The molecule has 0 saturated carbocycles. The van der Waals surface area contributed by atoms with Crippen LogP contribution in [0.1, 0.15) is 40.8 Å². The predicted molar refractivity (Wildman–Crippen MR) is 127 cm³/mol. The molecule has 4 rings (SSSR count). The third kappa shape index (κ3) is 6.18. The van der Waals surface area contributed by atoms with Crippen molar-refractivity contribution < 1.29 is 18.7 Å². The summed E-state index contributed by atoms with van der Waals surface area (Å²) in [4.78, 5) is 27.4. The molecule has 1 aromatic heterocycles. The maximum Gasteiger partial charge on any atom is 0.220 e. The van der Waals surface area contributed by atoms with Gasteiger partial charge in [0.05, 0.1) is 19.3 Å². The van der Waals surface area contributed by atoms with E-state index in [1.807, 2.05) is 73.7 Å². The van der Waals surface area contributed by atoms with E-state index in [9.17, 15) is 9.59 Å². The second-order valence-corrected chi connectivity index (χ2v) is 8.28. The number of furan rings is 1. The number of nitrogens with one attached hydrogen (secondary N) is 1. The lowest BCUT2D eigenvalue weighted by molar-refractivity contribution is -0.121. The van der Waals surface area contributed by atoms with Gasteiger partial charge in [0.1, 0.15) is 11.5 Å². The van der Waals surface area contributed by atoms with Crippen molar-refractivity contribution in [1.82, 2.24) is 10.2 Å². The average molecular weight is 447 g/mol. The highest BCUT2D eigenvalue weighted by molar-refractivity contribution is 5.98. The van der Waals surface area contributed by atoms with Crippen molar-refractivity contribution in [2.24, 2.45) is 0 Å². The Kier molecular flexibility index (Phi) is 7.70. The van der Waals surface area contributed by atoms with Crippen LogP contribution in [-0.2, 0) is 9.53 Å². The summed E-state index contributed by atoms with van der Waals surface area (Å²) in [5.74, 6) is 1.52. The van der Waals surface area contributed by atoms with Crippen LogP contribution in [0, 0.1) is 6.92 Å². The number of Topliss-reactive ketones (excluding diaryl/α,β-unsaturated/α-hetero) is 1. The first-order valence-electron chi connectivity index (χ1n) is 11.4. The zero-order chi connectivity index (χ0) is 23.0. The molecule has 3 aromatic rings. The summed E-state index contributed by atoms with van der Waals surface area (Å²) in [6.45, 7) is 5.26. The molecule has 1 atom stereocenters. The van der Waals surface area contributed by atoms with Gasteiger partial charge in [-0.2, -0.15) is 0 Å². The van der Waals surface area contributed by atoms with Crippen LogP contribution < -0.4 is 5.32 Å². The third-order valence-electron chi connectivity index (χ3n) is 5.96.